The Morgan fingerprint density at radius 3 is 2.29 bits per heavy atom. The van der Waals surface area contributed by atoms with Crippen LogP contribution in [0.25, 0.3) is 17.1 Å². The van der Waals surface area contributed by atoms with E-state index in [0.29, 0.717) is 0 Å². The predicted molar refractivity (Wildman–Crippen MR) is 147 cm³/mol. The second kappa shape index (κ2) is 11.4. The Morgan fingerprint density at radius 2 is 1.60 bits per heavy atom. The van der Waals surface area contributed by atoms with E-state index >= 15 is 0 Å². The van der Waals surface area contributed by atoms with Crippen LogP contribution >= 0.6 is 0 Å². The molecule has 0 saturated heterocycles. The average molecular weight is 467 g/mol. The molecule has 35 heavy (non-hydrogen) atoms. The molecule has 0 saturated carbocycles. The summed E-state index contributed by atoms with van der Waals surface area (Å²) in [4.78, 5) is 4.97. The Hall–Kier alpha value is -3.33. The van der Waals surface area contributed by atoms with Crippen molar-refractivity contribution < 1.29 is 4.74 Å². The minimum Gasteiger partial charge on any atom is -0.497 e. The van der Waals surface area contributed by atoms with E-state index in [0.717, 1.165) is 30.0 Å². The summed E-state index contributed by atoms with van der Waals surface area (Å²) in [7, 11) is 1.70. The van der Waals surface area contributed by atoms with Crippen molar-refractivity contribution in [2.45, 2.75) is 66.2 Å². The third kappa shape index (κ3) is 5.51. The number of benzene rings is 3. The fourth-order valence-corrected chi connectivity index (χ4v) is 4.89. The lowest BCUT2D eigenvalue weighted by Gasteiger charge is -2.21. The van der Waals surface area contributed by atoms with Gasteiger partial charge < -0.3 is 4.74 Å². The van der Waals surface area contributed by atoms with Crippen LogP contribution in [-0.4, -0.2) is 16.7 Å². The number of methoxy groups -OCH3 is 1. The summed E-state index contributed by atoms with van der Waals surface area (Å²) in [6.45, 7) is 9.05. The maximum atomic E-state index is 5.40. The fraction of sp³-hybridized carbons (Fsp3) is 0.344. The Kier molecular flexibility index (Phi) is 8.07. The van der Waals surface area contributed by atoms with Gasteiger partial charge in [-0.15, -0.1) is 0 Å². The molecule has 0 atom stereocenters. The van der Waals surface area contributed by atoms with Gasteiger partial charge in [-0.25, -0.2) is 4.98 Å². The monoisotopic (exact) mass is 466 g/mol. The Bertz CT molecular complexity index is 1250. The number of rotatable bonds is 10. The lowest BCUT2D eigenvalue weighted by molar-refractivity contribution is 0.415. The second-order valence-electron chi connectivity index (χ2n) is 9.55. The highest BCUT2D eigenvalue weighted by Gasteiger charge is 2.20. The molecule has 0 N–H and O–H groups in total. The van der Waals surface area contributed by atoms with Gasteiger partial charge in [0.25, 0.3) is 0 Å². The lowest BCUT2D eigenvalue weighted by Crippen LogP contribution is -2.10. The molecule has 0 spiro atoms. The number of aryl methyl sites for hydroxylation is 1. The van der Waals surface area contributed by atoms with E-state index in [1.54, 1.807) is 7.11 Å². The van der Waals surface area contributed by atoms with Crippen molar-refractivity contribution in [1.82, 2.24) is 9.55 Å². The maximum absolute atomic E-state index is 5.40. The minimum absolute atomic E-state index is 0.839. The van der Waals surface area contributed by atoms with Crippen molar-refractivity contribution in [2.24, 2.45) is 0 Å². The molecule has 4 rings (SSSR count). The van der Waals surface area contributed by atoms with Crippen LogP contribution in [0.5, 0.6) is 5.75 Å². The average Bonchev–Trinajstić information content (AvgIpc) is 3.30. The molecule has 4 aromatic rings. The van der Waals surface area contributed by atoms with Gasteiger partial charge in [-0.05, 0) is 91.8 Å². The van der Waals surface area contributed by atoms with E-state index in [2.05, 4.69) is 87.0 Å². The highest BCUT2D eigenvalue weighted by molar-refractivity contribution is 5.64. The Morgan fingerprint density at radius 1 is 0.857 bits per heavy atom. The van der Waals surface area contributed by atoms with Crippen molar-refractivity contribution in [1.29, 1.82) is 0 Å². The molecule has 1 aromatic heterocycles. The summed E-state index contributed by atoms with van der Waals surface area (Å²) in [5.41, 5.74) is 10.5. The first-order valence-corrected chi connectivity index (χ1v) is 12.9. The molecule has 3 nitrogen and oxygen atoms in total. The zero-order valence-corrected chi connectivity index (χ0v) is 21.9. The van der Waals surface area contributed by atoms with Gasteiger partial charge in [0.05, 0.1) is 12.8 Å². The summed E-state index contributed by atoms with van der Waals surface area (Å²) < 4.78 is 7.81. The van der Waals surface area contributed by atoms with Gasteiger partial charge in [-0.2, -0.15) is 0 Å². The zero-order valence-electron chi connectivity index (χ0n) is 21.9. The van der Waals surface area contributed by atoms with E-state index in [1.807, 2.05) is 12.1 Å². The van der Waals surface area contributed by atoms with E-state index in [-0.39, 0.29) is 0 Å². The molecule has 0 amide bonds. The summed E-state index contributed by atoms with van der Waals surface area (Å²) >= 11 is 0. The van der Waals surface area contributed by atoms with Gasteiger partial charge in [0.15, 0.2) is 0 Å². The number of ether oxygens (including phenoxy) is 1. The minimum atomic E-state index is 0.839. The lowest BCUT2D eigenvalue weighted by atomic mass is 9.92. The molecule has 0 fully saturated rings. The molecular weight excluding hydrogens is 428 g/mol. The van der Waals surface area contributed by atoms with Crippen LogP contribution in [-0.2, 0) is 12.8 Å². The van der Waals surface area contributed by atoms with Crippen LogP contribution < -0.4 is 4.74 Å². The predicted octanol–water partition coefficient (Wildman–Crippen LogP) is 8.19. The topological polar surface area (TPSA) is 27.1 Å². The van der Waals surface area contributed by atoms with Crippen LogP contribution in [0.2, 0.25) is 0 Å². The second-order valence-corrected chi connectivity index (χ2v) is 9.55. The van der Waals surface area contributed by atoms with Crippen LogP contribution in [0.3, 0.4) is 0 Å². The number of aromatic nitrogens is 2. The molecule has 0 bridgehead atoms. The normalized spacial score (nSPS) is 11.1. The zero-order chi connectivity index (χ0) is 24.8. The van der Waals surface area contributed by atoms with Gasteiger partial charge in [0.1, 0.15) is 11.6 Å². The number of imidazole rings is 1. The molecule has 0 unspecified atom stereocenters. The summed E-state index contributed by atoms with van der Waals surface area (Å²) in [6.07, 6.45) is 9.01. The van der Waals surface area contributed by atoms with Crippen molar-refractivity contribution in [3.63, 3.8) is 0 Å². The standard InChI is InChI=1S/C32H38N2O/c1-6-7-8-12-15-30-25(4)24(3)23(2)20-31(30)34-28(21-26-13-10-9-11-14-26)22-33-32(34)27-16-18-29(35-5)19-17-27/h9-11,13-14,16-20,22H,6-8,12,15,21H2,1-5H3. The van der Waals surface area contributed by atoms with Gasteiger partial charge in [0.2, 0.25) is 0 Å². The van der Waals surface area contributed by atoms with E-state index in [4.69, 9.17) is 9.72 Å². The van der Waals surface area contributed by atoms with E-state index in [1.165, 1.54) is 64.9 Å². The Labute approximate surface area is 210 Å². The molecule has 0 radical (unpaired) electrons. The summed E-state index contributed by atoms with van der Waals surface area (Å²) in [5, 5.41) is 0. The molecule has 3 aromatic carbocycles. The van der Waals surface area contributed by atoms with Crippen LogP contribution in [0.1, 0.15) is 66.1 Å². The van der Waals surface area contributed by atoms with Gasteiger partial charge in [0, 0.05) is 23.9 Å². The molecule has 0 aliphatic carbocycles. The molecule has 182 valence electrons. The molecule has 1 heterocycles. The smallest absolute Gasteiger partial charge is 0.144 e. The van der Waals surface area contributed by atoms with Crippen molar-refractivity contribution in [2.75, 3.05) is 7.11 Å². The third-order valence-corrected chi connectivity index (χ3v) is 7.20. The van der Waals surface area contributed by atoms with Crippen LogP contribution in [0.15, 0.2) is 66.9 Å². The van der Waals surface area contributed by atoms with Crippen molar-refractivity contribution in [3.05, 3.63) is 100 Å². The fourth-order valence-electron chi connectivity index (χ4n) is 4.89. The molecule has 0 aliphatic rings. The Balaban J connectivity index is 1.88. The maximum Gasteiger partial charge on any atom is 0.144 e. The number of nitrogens with zero attached hydrogens (tertiary/aromatic N) is 2. The number of hydrogen-bond acceptors (Lipinski definition) is 2. The first-order chi connectivity index (χ1) is 17.0. The van der Waals surface area contributed by atoms with Gasteiger partial charge >= 0.3 is 0 Å². The van der Waals surface area contributed by atoms with Crippen LogP contribution in [0, 0.1) is 20.8 Å². The van der Waals surface area contributed by atoms with E-state index in [9.17, 15) is 0 Å². The molecule has 3 heteroatoms. The third-order valence-electron chi connectivity index (χ3n) is 7.20. The summed E-state index contributed by atoms with van der Waals surface area (Å²) in [6, 6.07) is 21.3. The highest BCUT2D eigenvalue weighted by atomic mass is 16.5. The number of unbranched alkanes of at least 4 members (excludes halogenated alkanes) is 3. The summed E-state index contributed by atoms with van der Waals surface area (Å²) in [5.74, 6) is 1.84. The van der Waals surface area contributed by atoms with E-state index < -0.39 is 0 Å². The molecule has 0 aliphatic heterocycles. The highest BCUT2D eigenvalue weighted by Crippen LogP contribution is 2.33. The largest absolute Gasteiger partial charge is 0.497 e. The quantitative estimate of drug-likeness (QED) is 0.220. The first kappa shape index (κ1) is 24.8. The molecular formula is C32H38N2O. The first-order valence-electron chi connectivity index (χ1n) is 12.9. The van der Waals surface area contributed by atoms with Crippen LogP contribution in [0.4, 0.5) is 0 Å². The van der Waals surface area contributed by atoms with Gasteiger partial charge in [-0.1, -0.05) is 56.5 Å². The number of hydrogen-bond donors (Lipinski definition) is 0. The van der Waals surface area contributed by atoms with Gasteiger partial charge in [-0.3, -0.25) is 4.57 Å². The SMILES string of the molecule is CCCCCCc1c(-n2c(Cc3ccccc3)cnc2-c2ccc(OC)cc2)cc(C)c(C)c1C. The van der Waals surface area contributed by atoms with Crippen molar-refractivity contribution in [3.8, 4) is 22.8 Å². The van der Waals surface area contributed by atoms with Crippen molar-refractivity contribution >= 4 is 0 Å².